The summed E-state index contributed by atoms with van der Waals surface area (Å²) in [5.74, 6) is 1.72. The predicted molar refractivity (Wildman–Crippen MR) is 152 cm³/mol. The number of hydrogen-bond donors (Lipinski definition) is 1. The van der Waals surface area contributed by atoms with Crippen LogP contribution in [0.15, 0.2) is 30.3 Å². The Morgan fingerprint density at radius 3 is 2.61 bits per heavy atom. The fraction of sp³-hybridized carbons (Fsp3) is 0.643. The Morgan fingerprint density at radius 2 is 1.92 bits per heavy atom. The third-order valence-electron chi connectivity index (χ3n) is 7.99. The SMILES string of the molecule is CCn1nc(C)c(CCN(C)C(=O)CCC[C@H]2NC[C@@H]3C[C@@H]2CN(Cc2ccccc2)C3)c1C.Cl.Cl. The van der Waals surface area contributed by atoms with Crippen molar-refractivity contribution in [3.8, 4) is 0 Å². The third kappa shape index (κ3) is 7.70. The summed E-state index contributed by atoms with van der Waals surface area (Å²) in [4.78, 5) is 17.3. The Kier molecular flexibility index (Phi) is 12.2. The van der Waals surface area contributed by atoms with Crippen LogP contribution in [0.4, 0.5) is 0 Å². The van der Waals surface area contributed by atoms with Gasteiger partial charge in [0.1, 0.15) is 0 Å². The van der Waals surface area contributed by atoms with E-state index in [0.717, 1.165) is 57.1 Å². The molecule has 202 valence electrons. The van der Waals surface area contributed by atoms with Crippen LogP contribution in [-0.2, 0) is 24.3 Å². The fourth-order valence-electron chi connectivity index (χ4n) is 6.05. The molecule has 1 aromatic heterocycles. The largest absolute Gasteiger partial charge is 0.345 e. The van der Waals surface area contributed by atoms with Crippen molar-refractivity contribution in [2.75, 3.05) is 33.2 Å². The van der Waals surface area contributed by atoms with Gasteiger partial charge in [0.15, 0.2) is 0 Å². The smallest absolute Gasteiger partial charge is 0.222 e. The number of likely N-dealkylation sites (tertiary alicyclic amines) is 1. The summed E-state index contributed by atoms with van der Waals surface area (Å²) >= 11 is 0. The van der Waals surface area contributed by atoms with Crippen LogP contribution >= 0.6 is 24.8 Å². The number of aromatic nitrogens is 2. The van der Waals surface area contributed by atoms with Gasteiger partial charge < -0.3 is 10.2 Å². The molecule has 2 aliphatic rings. The average molecular weight is 539 g/mol. The third-order valence-corrected chi connectivity index (χ3v) is 7.99. The van der Waals surface area contributed by atoms with Gasteiger partial charge in [-0.15, -0.1) is 24.8 Å². The lowest BCUT2D eigenvalue weighted by Gasteiger charge is -2.46. The lowest BCUT2D eigenvalue weighted by molar-refractivity contribution is -0.130. The molecular formula is C28H45Cl2N5O. The number of nitrogens with zero attached hydrogens (tertiary/aromatic N) is 4. The summed E-state index contributed by atoms with van der Waals surface area (Å²) in [7, 11) is 1.95. The molecule has 4 rings (SSSR count). The predicted octanol–water partition coefficient (Wildman–Crippen LogP) is 4.64. The van der Waals surface area contributed by atoms with E-state index in [-0.39, 0.29) is 30.7 Å². The minimum absolute atomic E-state index is 0. The van der Waals surface area contributed by atoms with Crippen LogP contribution < -0.4 is 5.32 Å². The zero-order valence-corrected chi connectivity index (χ0v) is 24.0. The van der Waals surface area contributed by atoms with Gasteiger partial charge in [0.25, 0.3) is 0 Å². The fourth-order valence-corrected chi connectivity index (χ4v) is 6.05. The Balaban J connectivity index is 0.00000228. The van der Waals surface area contributed by atoms with Gasteiger partial charge in [0.2, 0.25) is 5.91 Å². The topological polar surface area (TPSA) is 53.4 Å². The summed E-state index contributed by atoms with van der Waals surface area (Å²) in [6.07, 6.45) is 4.92. The van der Waals surface area contributed by atoms with Crippen molar-refractivity contribution in [3.63, 3.8) is 0 Å². The first kappa shape index (κ1) is 30.6. The van der Waals surface area contributed by atoms with Crippen molar-refractivity contribution in [1.29, 1.82) is 0 Å². The van der Waals surface area contributed by atoms with Crippen molar-refractivity contribution in [2.45, 2.75) is 72.0 Å². The zero-order chi connectivity index (χ0) is 24.1. The number of carbonyl (C=O) groups excluding carboxylic acids is 1. The van der Waals surface area contributed by atoms with Gasteiger partial charge in [-0.25, -0.2) is 0 Å². The van der Waals surface area contributed by atoms with Crippen LogP contribution in [0, 0.1) is 25.7 Å². The molecule has 0 aliphatic carbocycles. The Bertz CT molecular complexity index is 951. The van der Waals surface area contributed by atoms with Crippen LogP contribution in [0.2, 0.25) is 0 Å². The molecule has 1 amide bonds. The number of piperidine rings is 2. The lowest BCUT2D eigenvalue weighted by Crippen LogP contribution is -2.55. The molecule has 0 unspecified atom stereocenters. The molecule has 0 radical (unpaired) electrons. The highest BCUT2D eigenvalue weighted by atomic mass is 35.5. The van der Waals surface area contributed by atoms with E-state index < -0.39 is 0 Å². The van der Waals surface area contributed by atoms with Gasteiger partial charge in [-0.3, -0.25) is 14.4 Å². The summed E-state index contributed by atoms with van der Waals surface area (Å²) in [6.45, 7) is 12.5. The molecule has 2 saturated heterocycles. The monoisotopic (exact) mass is 537 g/mol. The second-order valence-electron chi connectivity index (χ2n) is 10.5. The number of fused-ring (bicyclic) bond motifs is 2. The molecule has 2 bridgehead atoms. The number of hydrogen-bond acceptors (Lipinski definition) is 4. The van der Waals surface area contributed by atoms with E-state index in [1.165, 1.54) is 36.3 Å². The van der Waals surface area contributed by atoms with Crippen molar-refractivity contribution in [1.82, 2.24) is 24.9 Å². The Hall–Kier alpha value is -1.60. The average Bonchev–Trinajstić information content (AvgIpc) is 3.11. The molecule has 6 nitrogen and oxygen atoms in total. The maximum atomic E-state index is 12.8. The second-order valence-corrected chi connectivity index (χ2v) is 10.5. The normalized spacial score (nSPS) is 21.4. The molecule has 3 heterocycles. The van der Waals surface area contributed by atoms with Crippen LogP contribution in [-0.4, -0.2) is 64.8 Å². The standard InChI is InChI=1S/C28H43N5O.2ClH/c1-5-33-22(3)26(21(2)30-33)14-15-31(4)28(34)13-9-12-27-25-16-24(17-29-27)19-32(20-25)18-23-10-7-6-8-11-23;;/h6-8,10-11,24-25,27,29H,5,9,12-20H2,1-4H3;2*1H/t24-,25+,27+;;/m0../s1. The minimum Gasteiger partial charge on any atom is -0.345 e. The summed E-state index contributed by atoms with van der Waals surface area (Å²) in [5.41, 5.74) is 5.03. The summed E-state index contributed by atoms with van der Waals surface area (Å²) in [5, 5.41) is 8.42. The van der Waals surface area contributed by atoms with Gasteiger partial charge in [-0.2, -0.15) is 5.10 Å². The molecule has 3 atom stereocenters. The molecule has 0 spiro atoms. The van der Waals surface area contributed by atoms with Crippen molar-refractivity contribution >= 4 is 30.7 Å². The number of nitrogens with one attached hydrogen (secondary N) is 1. The van der Waals surface area contributed by atoms with Crippen molar-refractivity contribution < 1.29 is 4.79 Å². The molecule has 1 aromatic carbocycles. The van der Waals surface area contributed by atoms with E-state index in [9.17, 15) is 4.79 Å². The van der Waals surface area contributed by atoms with Gasteiger partial charge in [0.05, 0.1) is 5.69 Å². The summed E-state index contributed by atoms with van der Waals surface area (Å²) < 4.78 is 2.06. The molecule has 2 aliphatic heterocycles. The maximum absolute atomic E-state index is 12.8. The molecule has 36 heavy (non-hydrogen) atoms. The van der Waals surface area contributed by atoms with Crippen LogP contribution in [0.3, 0.4) is 0 Å². The maximum Gasteiger partial charge on any atom is 0.222 e. The van der Waals surface area contributed by atoms with Gasteiger partial charge in [-0.1, -0.05) is 30.3 Å². The van der Waals surface area contributed by atoms with Gasteiger partial charge in [-0.05, 0) is 76.0 Å². The number of likely N-dealkylation sites (N-methyl/N-ethyl adjacent to an activating group) is 1. The first-order chi connectivity index (χ1) is 16.4. The minimum atomic E-state index is 0. The molecule has 2 fully saturated rings. The Morgan fingerprint density at radius 1 is 1.17 bits per heavy atom. The van der Waals surface area contributed by atoms with E-state index in [4.69, 9.17) is 0 Å². The van der Waals surface area contributed by atoms with Gasteiger partial charge in [0, 0.05) is 57.9 Å². The number of carbonyl (C=O) groups is 1. The molecule has 0 saturated carbocycles. The number of aryl methyl sites for hydroxylation is 2. The van der Waals surface area contributed by atoms with Crippen LogP contribution in [0.1, 0.15) is 55.1 Å². The quantitative estimate of drug-likeness (QED) is 0.479. The first-order valence-corrected chi connectivity index (χ1v) is 13.2. The lowest BCUT2D eigenvalue weighted by atomic mass is 9.79. The van der Waals surface area contributed by atoms with E-state index in [2.05, 4.69) is 71.1 Å². The van der Waals surface area contributed by atoms with Crippen LogP contribution in [0.5, 0.6) is 0 Å². The Labute approximate surface area is 230 Å². The van der Waals surface area contributed by atoms with E-state index in [1.807, 2.05) is 11.9 Å². The van der Waals surface area contributed by atoms with E-state index in [1.54, 1.807) is 0 Å². The molecule has 8 heteroatoms. The zero-order valence-electron chi connectivity index (χ0n) is 22.4. The number of halogens is 2. The molecular weight excluding hydrogens is 493 g/mol. The van der Waals surface area contributed by atoms with E-state index in [0.29, 0.717) is 18.4 Å². The van der Waals surface area contributed by atoms with Crippen molar-refractivity contribution in [2.24, 2.45) is 11.8 Å². The first-order valence-electron chi connectivity index (χ1n) is 13.2. The molecule has 2 aromatic rings. The second kappa shape index (κ2) is 14.4. The highest BCUT2D eigenvalue weighted by molar-refractivity contribution is 5.85. The number of amides is 1. The highest BCUT2D eigenvalue weighted by Gasteiger charge is 2.36. The van der Waals surface area contributed by atoms with Gasteiger partial charge >= 0.3 is 0 Å². The highest BCUT2D eigenvalue weighted by Crippen LogP contribution is 2.31. The number of benzene rings is 1. The molecule has 1 N–H and O–H groups in total. The summed E-state index contributed by atoms with van der Waals surface area (Å²) in [6, 6.07) is 11.4. The van der Waals surface area contributed by atoms with E-state index >= 15 is 0 Å². The number of rotatable bonds is 10. The van der Waals surface area contributed by atoms with Crippen LogP contribution in [0.25, 0.3) is 0 Å². The van der Waals surface area contributed by atoms with Crippen molar-refractivity contribution in [3.05, 3.63) is 52.8 Å².